The first kappa shape index (κ1) is 20.9. The van der Waals surface area contributed by atoms with Crippen LogP contribution in [0.1, 0.15) is 41.6 Å². The Kier molecular flexibility index (Phi) is 6.06. The number of ketones is 1. The van der Waals surface area contributed by atoms with Gasteiger partial charge >= 0.3 is 5.97 Å². The number of rotatable bonds is 6. The predicted octanol–water partition coefficient (Wildman–Crippen LogP) is 2.95. The highest BCUT2D eigenvalue weighted by Crippen LogP contribution is 2.17. The smallest absolute Gasteiger partial charge is 0.360 e. The second-order valence-electron chi connectivity index (χ2n) is 7.08. The molecular weight excluding hydrogens is 386 g/mol. The maximum Gasteiger partial charge on any atom is 0.360 e. The van der Waals surface area contributed by atoms with E-state index in [4.69, 9.17) is 4.74 Å². The van der Waals surface area contributed by atoms with Crippen LogP contribution in [0.25, 0.3) is 10.8 Å². The van der Waals surface area contributed by atoms with Crippen molar-refractivity contribution >= 4 is 34.1 Å². The highest BCUT2D eigenvalue weighted by Gasteiger charge is 2.23. The average molecular weight is 407 g/mol. The first-order valence-corrected chi connectivity index (χ1v) is 9.41. The van der Waals surface area contributed by atoms with Crippen LogP contribution in [0.2, 0.25) is 0 Å². The zero-order valence-electron chi connectivity index (χ0n) is 16.8. The van der Waals surface area contributed by atoms with Crippen molar-refractivity contribution in [1.29, 1.82) is 0 Å². The second-order valence-corrected chi connectivity index (χ2v) is 7.08. The van der Waals surface area contributed by atoms with E-state index >= 15 is 0 Å². The standard InChI is InChI=1S/C22H21N3O5/c1-12(2)20(27)23-15-10-8-14(9-11-15)19(26)13(3)30-22(29)18-16-6-4-5-7-17(16)21(28)25-24-18/h4-13H,1-3H3,(H,23,27)(H,25,28). The average Bonchev–Trinajstić information content (AvgIpc) is 2.74. The van der Waals surface area contributed by atoms with Gasteiger partial charge in [-0.3, -0.25) is 14.4 Å². The van der Waals surface area contributed by atoms with Crippen molar-refractivity contribution in [3.63, 3.8) is 0 Å². The lowest BCUT2D eigenvalue weighted by molar-refractivity contribution is -0.118. The van der Waals surface area contributed by atoms with Gasteiger partial charge in [0.05, 0.1) is 5.39 Å². The molecule has 1 atom stereocenters. The van der Waals surface area contributed by atoms with Gasteiger partial charge in [0.15, 0.2) is 11.8 Å². The lowest BCUT2D eigenvalue weighted by Gasteiger charge is -2.13. The fourth-order valence-electron chi connectivity index (χ4n) is 2.78. The summed E-state index contributed by atoms with van der Waals surface area (Å²) in [4.78, 5) is 48.8. The van der Waals surface area contributed by atoms with Crippen LogP contribution in [0.15, 0.2) is 53.3 Å². The van der Waals surface area contributed by atoms with Gasteiger partial charge in [0.25, 0.3) is 5.56 Å². The first-order valence-electron chi connectivity index (χ1n) is 9.41. The number of carbonyl (C=O) groups excluding carboxylic acids is 3. The topological polar surface area (TPSA) is 118 Å². The molecule has 2 aromatic carbocycles. The molecular formula is C22H21N3O5. The van der Waals surface area contributed by atoms with Gasteiger partial charge < -0.3 is 10.1 Å². The third-order valence-corrected chi connectivity index (χ3v) is 4.50. The van der Waals surface area contributed by atoms with E-state index in [9.17, 15) is 19.2 Å². The van der Waals surface area contributed by atoms with Crippen molar-refractivity contribution in [1.82, 2.24) is 10.2 Å². The zero-order valence-corrected chi connectivity index (χ0v) is 16.8. The number of Topliss-reactive ketones (excluding diaryl/α,β-unsaturated/α-hetero) is 1. The summed E-state index contributed by atoms with van der Waals surface area (Å²) in [5, 5.41) is 9.43. The Morgan fingerprint density at radius 3 is 2.23 bits per heavy atom. The Morgan fingerprint density at radius 1 is 0.967 bits per heavy atom. The summed E-state index contributed by atoms with van der Waals surface area (Å²) in [6, 6.07) is 12.8. The summed E-state index contributed by atoms with van der Waals surface area (Å²) in [7, 11) is 0. The summed E-state index contributed by atoms with van der Waals surface area (Å²) in [5.41, 5.74) is 0.406. The molecule has 1 aromatic heterocycles. The highest BCUT2D eigenvalue weighted by atomic mass is 16.5. The Hall–Kier alpha value is -3.81. The Bertz CT molecular complexity index is 1170. The Labute approximate surface area is 172 Å². The van der Waals surface area contributed by atoms with Crippen LogP contribution in [-0.4, -0.2) is 34.0 Å². The minimum absolute atomic E-state index is 0.0726. The molecule has 154 valence electrons. The molecule has 1 unspecified atom stereocenters. The summed E-state index contributed by atoms with van der Waals surface area (Å²) < 4.78 is 5.28. The van der Waals surface area contributed by atoms with Crippen LogP contribution in [0, 0.1) is 5.92 Å². The van der Waals surface area contributed by atoms with Crippen molar-refractivity contribution in [2.75, 3.05) is 5.32 Å². The van der Waals surface area contributed by atoms with Crippen LogP contribution < -0.4 is 10.9 Å². The molecule has 1 amide bonds. The molecule has 0 fully saturated rings. The van der Waals surface area contributed by atoms with Gasteiger partial charge in [-0.1, -0.05) is 32.0 Å². The molecule has 0 bridgehead atoms. The summed E-state index contributed by atoms with van der Waals surface area (Å²) in [5.74, 6) is -1.51. The molecule has 0 aliphatic carbocycles. The fourth-order valence-corrected chi connectivity index (χ4v) is 2.78. The number of aromatic nitrogens is 2. The predicted molar refractivity (Wildman–Crippen MR) is 111 cm³/mol. The van der Waals surface area contributed by atoms with E-state index in [1.54, 1.807) is 62.4 Å². The lowest BCUT2D eigenvalue weighted by atomic mass is 10.1. The minimum Gasteiger partial charge on any atom is -0.449 e. The number of hydrogen-bond donors (Lipinski definition) is 2. The molecule has 3 rings (SSSR count). The summed E-state index contributed by atoms with van der Waals surface area (Å²) >= 11 is 0. The highest BCUT2D eigenvalue weighted by molar-refractivity contribution is 6.05. The Balaban J connectivity index is 1.73. The van der Waals surface area contributed by atoms with Crippen molar-refractivity contribution < 1.29 is 19.1 Å². The third kappa shape index (κ3) is 4.43. The van der Waals surface area contributed by atoms with Crippen LogP contribution in [0.3, 0.4) is 0 Å². The maximum absolute atomic E-state index is 12.6. The van der Waals surface area contributed by atoms with Crippen molar-refractivity contribution in [3.8, 4) is 0 Å². The molecule has 0 radical (unpaired) electrons. The van der Waals surface area contributed by atoms with Crippen molar-refractivity contribution in [2.24, 2.45) is 5.92 Å². The van der Waals surface area contributed by atoms with Gasteiger partial charge in [-0.25, -0.2) is 9.89 Å². The molecule has 0 aliphatic heterocycles. The van der Waals surface area contributed by atoms with Crippen LogP contribution >= 0.6 is 0 Å². The fraction of sp³-hybridized carbons (Fsp3) is 0.227. The van der Waals surface area contributed by atoms with Crippen LogP contribution in [0.4, 0.5) is 5.69 Å². The van der Waals surface area contributed by atoms with Crippen molar-refractivity contribution in [2.45, 2.75) is 26.9 Å². The number of fused-ring (bicyclic) bond motifs is 1. The van der Waals surface area contributed by atoms with E-state index in [-0.39, 0.29) is 17.5 Å². The van der Waals surface area contributed by atoms with Gasteiger partial charge in [0.1, 0.15) is 0 Å². The van der Waals surface area contributed by atoms with Crippen LogP contribution in [0.5, 0.6) is 0 Å². The first-order chi connectivity index (χ1) is 14.3. The minimum atomic E-state index is -1.07. The van der Waals surface area contributed by atoms with Gasteiger partial charge in [-0.2, -0.15) is 5.10 Å². The van der Waals surface area contributed by atoms with E-state index in [1.807, 2.05) is 0 Å². The number of carbonyl (C=O) groups is 3. The van der Waals surface area contributed by atoms with E-state index in [0.29, 0.717) is 22.0 Å². The van der Waals surface area contributed by atoms with E-state index < -0.39 is 23.4 Å². The number of esters is 1. The normalized spacial score (nSPS) is 11.9. The largest absolute Gasteiger partial charge is 0.449 e. The lowest BCUT2D eigenvalue weighted by Crippen LogP contribution is -2.26. The number of nitrogens with one attached hydrogen (secondary N) is 2. The van der Waals surface area contributed by atoms with E-state index in [1.165, 1.54) is 6.92 Å². The summed E-state index contributed by atoms with van der Waals surface area (Å²) in [6.45, 7) is 5.02. The molecule has 2 N–H and O–H groups in total. The molecule has 30 heavy (non-hydrogen) atoms. The van der Waals surface area contributed by atoms with Crippen molar-refractivity contribution in [3.05, 3.63) is 70.1 Å². The SMILES string of the molecule is CC(C)C(=O)Nc1ccc(C(=O)C(C)OC(=O)c2n[nH]c(=O)c3ccccc23)cc1. The molecule has 1 heterocycles. The number of hydrogen-bond acceptors (Lipinski definition) is 6. The quantitative estimate of drug-likeness (QED) is 0.479. The van der Waals surface area contributed by atoms with Gasteiger partial charge in [0.2, 0.25) is 11.7 Å². The molecule has 8 heteroatoms. The molecule has 0 spiro atoms. The molecule has 0 saturated heterocycles. The monoisotopic (exact) mass is 407 g/mol. The Morgan fingerprint density at radius 2 is 1.60 bits per heavy atom. The number of amides is 1. The molecule has 0 aliphatic rings. The molecule has 0 saturated carbocycles. The number of aromatic amines is 1. The number of benzene rings is 2. The zero-order chi connectivity index (χ0) is 21.8. The van der Waals surface area contributed by atoms with E-state index in [0.717, 1.165) is 0 Å². The number of anilines is 1. The molecule has 3 aromatic rings. The summed E-state index contributed by atoms with van der Waals surface area (Å²) in [6.07, 6.45) is -1.07. The molecule has 8 nitrogen and oxygen atoms in total. The number of nitrogens with zero attached hydrogens (tertiary/aromatic N) is 1. The van der Waals surface area contributed by atoms with Gasteiger partial charge in [-0.15, -0.1) is 0 Å². The van der Waals surface area contributed by atoms with Gasteiger partial charge in [0, 0.05) is 22.6 Å². The third-order valence-electron chi connectivity index (χ3n) is 4.50. The number of ether oxygens (including phenoxy) is 1. The van der Waals surface area contributed by atoms with Gasteiger partial charge in [-0.05, 0) is 37.3 Å². The second kappa shape index (κ2) is 8.69. The van der Waals surface area contributed by atoms with Crippen LogP contribution in [-0.2, 0) is 9.53 Å². The number of H-pyrrole nitrogens is 1. The maximum atomic E-state index is 12.6. The van der Waals surface area contributed by atoms with E-state index in [2.05, 4.69) is 15.5 Å².